The average Bonchev–Trinajstić information content (AvgIpc) is 3.13. The van der Waals surface area contributed by atoms with Gasteiger partial charge in [0.2, 0.25) is 0 Å². The van der Waals surface area contributed by atoms with Crippen molar-refractivity contribution in [3.05, 3.63) is 0 Å². The molecule has 0 radical (unpaired) electrons. The van der Waals surface area contributed by atoms with E-state index in [2.05, 4.69) is 10.3 Å². The third kappa shape index (κ3) is 7.92. The van der Waals surface area contributed by atoms with Gasteiger partial charge in [-0.15, -0.1) is 24.0 Å². The molecule has 0 amide bonds. The first-order chi connectivity index (χ1) is 12.8. The lowest BCUT2D eigenvalue weighted by Gasteiger charge is -2.39. The molecule has 28 heavy (non-hydrogen) atoms. The van der Waals surface area contributed by atoms with Crippen molar-refractivity contribution >= 4 is 35.9 Å². The Hall–Kier alpha value is -0.780. The summed E-state index contributed by atoms with van der Waals surface area (Å²) in [5.41, 5.74) is 0. The lowest BCUT2D eigenvalue weighted by atomic mass is 10.2. The number of guanidine groups is 1. The van der Waals surface area contributed by atoms with Crippen LogP contribution in [-0.2, 0) is 9.53 Å². The Labute approximate surface area is 182 Å². The van der Waals surface area contributed by atoms with Gasteiger partial charge < -0.3 is 15.0 Å². The third-order valence-corrected chi connectivity index (χ3v) is 5.29. The molecule has 0 spiro atoms. The maximum Gasteiger partial charge on any atom is 0.403 e. The lowest BCUT2D eigenvalue weighted by molar-refractivity contribution is -0.181. The molecule has 164 valence electrons. The van der Waals surface area contributed by atoms with Crippen LogP contribution >= 0.6 is 24.0 Å². The van der Waals surface area contributed by atoms with E-state index in [-0.39, 0.29) is 36.0 Å². The molecule has 2 aliphatic rings. The van der Waals surface area contributed by atoms with Gasteiger partial charge in [-0.2, -0.15) is 13.2 Å². The molecule has 2 fully saturated rings. The second kappa shape index (κ2) is 12.0. The van der Waals surface area contributed by atoms with Crippen molar-refractivity contribution in [3.63, 3.8) is 0 Å². The summed E-state index contributed by atoms with van der Waals surface area (Å²) >= 11 is 0. The molecule has 1 heterocycles. The third-order valence-electron chi connectivity index (χ3n) is 5.29. The second-order valence-corrected chi connectivity index (χ2v) is 7.21. The molecule has 1 aliphatic carbocycles. The Morgan fingerprint density at radius 1 is 1.21 bits per heavy atom. The second-order valence-electron chi connectivity index (χ2n) is 7.21. The molecular formula is C18H32F3IN4O2. The van der Waals surface area contributed by atoms with Crippen LogP contribution in [0.15, 0.2) is 4.99 Å². The summed E-state index contributed by atoms with van der Waals surface area (Å²) in [7, 11) is 1.65. The maximum absolute atomic E-state index is 12.8. The molecular weight excluding hydrogens is 488 g/mol. The first-order valence-corrected chi connectivity index (χ1v) is 9.77. The number of carbonyl (C=O) groups excluding carboxylic acids is 1. The van der Waals surface area contributed by atoms with Gasteiger partial charge in [0, 0.05) is 46.2 Å². The lowest BCUT2D eigenvalue weighted by Crippen LogP contribution is -2.56. The van der Waals surface area contributed by atoms with E-state index in [4.69, 9.17) is 4.74 Å². The quantitative estimate of drug-likeness (QED) is 0.192. The molecule has 1 saturated carbocycles. The Kier molecular flexibility index (Phi) is 10.9. The molecule has 6 nitrogen and oxygen atoms in total. The smallest absolute Gasteiger partial charge is 0.403 e. The molecule has 0 aromatic heterocycles. The van der Waals surface area contributed by atoms with Crippen LogP contribution in [0.5, 0.6) is 0 Å². The SMILES string of the molecule is CN=C(NCCCC(=O)OC1CCCC1)N1CCN(C(C)C(F)(F)F)CC1.I. The number of hydrogen-bond donors (Lipinski definition) is 1. The molecule has 1 aliphatic heterocycles. The first kappa shape index (κ1) is 25.3. The van der Waals surface area contributed by atoms with Crippen molar-refractivity contribution in [3.8, 4) is 0 Å². The predicted octanol–water partition coefficient (Wildman–Crippen LogP) is 3.01. The van der Waals surface area contributed by atoms with Crippen LogP contribution in [0.3, 0.4) is 0 Å². The fourth-order valence-electron chi connectivity index (χ4n) is 3.54. The summed E-state index contributed by atoms with van der Waals surface area (Å²) in [6.07, 6.45) is 1.08. The van der Waals surface area contributed by atoms with Crippen LogP contribution in [0.4, 0.5) is 13.2 Å². The highest BCUT2D eigenvalue weighted by molar-refractivity contribution is 14.0. The highest BCUT2D eigenvalue weighted by Gasteiger charge is 2.41. The van der Waals surface area contributed by atoms with E-state index in [0.717, 1.165) is 25.7 Å². The summed E-state index contributed by atoms with van der Waals surface area (Å²) in [5.74, 6) is 0.506. The van der Waals surface area contributed by atoms with Gasteiger partial charge in [0.1, 0.15) is 12.1 Å². The number of hydrogen-bond acceptors (Lipinski definition) is 4. The van der Waals surface area contributed by atoms with Crippen LogP contribution < -0.4 is 5.32 Å². The summed E-state index contributed by atoms with van der Waals surface area (Å²) in [5, 5.41) is 3.19. The normalized spacial score (nSPS) is 20.6. The number of nitrogens with one attached hydrogen (secondary N) is 1. The molecule has 1 N–H and O–H groups in total. The predicted molar refractivity (Wildman–Crippen MR) is 113 cm³/mol. The van der Waals surface area contributed by atoms with Gasteiger partial charge >= 0.3 is 12.1 Å². The number of ether oxygens (including phenoxy) is 1. The molecule has 2 rings (SSSR count). The first-order valence-electron chi connectivity index (χ1n) is 9.77. The van der Waals surface area contributed by atoms with Crippen molar-refractivity contribution in [1.29, 1.82) is 0 Å². The van der Waals surface area contributed by atoms with E-state index < -0.39 is 12.2 Å². The van der Waals surface area contributed by atoms with E-state index in [1.54, 1.807) is 7.05 Å². The Balaban J connectivity index is 0.00000392. The number of aliphatic imine (C=N–C) groups is 1. The summed E-state index contributed by atoms with van der Waals surface area (Å²) in [6.45, 7) is 3.44. The molecule has 0 aromatic rings. The van der Waals surface area contributed by atoms with Gasteiger partial charge in [0.05, 0.1) is 0 Å². The number of alkyl halides is 3. The van der Waals surface area contributed by atoms with Crippen molar-refractivity contribution in [2.75, 3.05) is 39.8 Å². The van der Waals surface area contributed by atoms with Crippen molar-refractivity contribution in [2.45, 2.75) is 63.8 Å². The van der Waals surface area contributed by atoms with Gasteiger partial charge in [-0.3, -0.25) is 14.7 Å². The van der Waals surface area contributed by atoms with Gasteiger partial charge in [-0.1, -0.05) is 0 Å². The van der Waals surface area contributed by atoms with Crippen molar-refractivity contribution in [2.24, 2.45) is 4.99 Å². The Morgan fingerprint density at radius 3 is 2.36 bits per heavy atom. The van der Waals surface area contributed by atoms with Gasteiger partial charge in [-0.25, -0.2) is 0 Å². The van der Waals surface area contributed by atoms with E-state index in [0.29, 0.717) is 51.5 Å². The van der Waals surface area contributed by atoms with Crippen LogP contribution in [0.2, 0.25) is 0 Å². The largest absolute Gasteiger partial charge is 0.462 e. The minimum Gasteiger partial charge on any atom is -0.462 e. The summed E-state index contributed by atoms with van der Waals surface area (Å²) < 4.78 is 43.9. The fraction of sp³-hybridized carbons (Fsp3) is 0.889. The highest BCUT2D eigenvalue weighted by Crippen LogP contribution is 2.25. The molecule has 0 bridgehead atoms. The van der Waals surface area contributed by atoms with Gasteiger partial charge in [-0.05, 0) is 39.0 Å². The van der Waals surface area contributed by atoms with E-state index in [1.807, 2.05) is 4.90 Å². The van der Waals surface area contributed by atoms with Crippen LogP contribution in [0.1, 0.15) is 45.4 Å². The Bertz CT molecular complexity index is 506. The Morgan fingerprint density at radius 2 is 1.82 bits per heavy atom. The van der Waals surface area contributed by atoms with E-state index >= 15 is 0 Å². The van der Waals surface area contributed by atoms with E-state index in [9.17, 15) is 18.0 Å². The fourth-order valence-corrected chi connectivity index (χ4v) is 3.54. The number of nitrogens with zero attached hydrogens (tertiary/aromatic N) is 3. The van der Waals surface area contributed by atoms with Crippen LogP contribution in [0.25, 0.3) is 0 Å². The zero-order valence-corrected chi connectivity index (χ0v) is 19.0. The topological polar surface area (TPSA) is 57.2 Å². The molecule has 1 atom stereocenters. The summed E-state index contributed by atoms with van der Waals surface area (Å²) in [4.78, 5) is 19.4. The number of rotatable bonds is 6. The standard InChI is InChI=1S/C18H31F3N4O2.HI/c1-14(18(19,20)21)24-10-12-25(13-11-24)17(22-2)23-9-5-8-16(26)27-15-6-3-4-7-15;/h14-15H,3-13H2,1-2H3,(H,22,23);1H. The maximum atomic E-state index is 12.8. The highest BCUT2D eigenvalue weighted by atomic mass is 127. The minimum atomic E-state index is -4.20. The number of piperazine rings is 1. The van der Waals surface area contributed by atoms with Gasteiger partial charge in [0.15, 0.2) is 5.96 Å². The van der Waals surface area contributed by atoms with Crippen LogP contribution in [0, 0.1) is 0 Å². The monoisotopic (exact) mass is 520 g/mol. The zero-order valence-electron chi connectivity index (χ0n) is 16.6. The number of carbonyl (C=O) groups is 1. The molecule has 0 aromatic carbocycles. The van der Waals surface area contributed by atoms with Gasteiger partial charge in [0.25, 0.3) is 0 Å². The molecule has 1 saturated heterocycles. The molecule has 1 unspecified atom stereocenters. The molecule has 10 heteroatoms. The average molecular weight is 520 g/mol. The number of halogens is 4. The minimum absolute atomic E-state index is 0. The van der Waals surface area contributed by atoms with Crippen molar-refractivity contribution in [1.82, 2.24) is 15.1 Å². The number of esters is 1. The van der Waals surface area contributed by atoms with Crippen molar-refractivity contribution < 1.29 is 22.7 Å². The van der Waals surface area contributed by atoms with Crippen LogP contribution in [-0.4, -0.2) is 79.8 Å². The van der Waals surface area contributed by atoms with E-state index in [1.165, 1.54) is 11.8 Å². The zero-order chi connectivity index (χ0) is 19.9. The summed E-state index contributed by atoms with van der Waals surface area (Å²) in [6, 6.07) is -1.43.